The molecule has 2 saturated heterocycles. The van der Waals surface area contributed by atoms with E-state index in [9.17, 15) is 4.79 Å². The van der Waals surface area contributed by atoms with Crippen molar-refractivity contribution in [2.24, 2.45) is 5.41 Å². The van der Waals surface area contributed by atoms with Crippen LogP contribution in [0.4, 0.5) is 5.69 Å². The van der Waals surface area contributed by atoms with E-state index in [4.69, 9.17) is 9.68 Å². The zero-order valence-electron chi connectivity index (χ0n) is 13.4. The summed E-state index contributed by atoms with van der Waals surface area (Å²) in [5.74, 6) is 1.15. The normalized spacial score (nSPS) is 24.0. The summed E-state index contributed by atoms with van der Waals surface area (Å²) in [5, 5.41) is 8.90. The molecule has 0 unspecified atom stereocenters. The van der Waals surface area contributed by atoms with Crippen LogP contribution in [0.25, 0.3) is 0 Å². The Balaban J connectivity index is 1.46. The van der Waals surface area contributed by atoms with Crippen molar-refractivity contribution >= 4 is 11.6 Å². The second kappa shape index (κ2) is 5.81. The molecule has 1 atom stereocenters. The van der Waals surface area contributed by atoms with Gasteiger partial charge in [0.25, 0.3) is 0 Å². The van der Waals surface area contributed by atoms with Crippen molar-refractivity contribution in [1.82, 2.24) is 4.90 Å². The third-order valence-electron chi connectivity index (χ3n) is 5.11. The molecule has 0 N–H and O–H groups in total. The number of hydrogen-bond acceptors (Lipinski definition) is 4. The van der Waals surface area contributed by atoms with Crippen LogP contribution in [-0.4, -0.2) is 30.4 Å². The molecule has 2 aliphatic heterocycles. The van der Waals surface area contributed by atoms with Crippen LogP contribution in [0.2, 0.25) is 0 Å². The third-order valence-corrected chi connectivity index (χ3v) is 5.11. The first-order chi connectivity index (χ1) is 11.7. The van der Waals surface area contributed by atoms with Crippen LogP contribution in [0.15, 0.2) is 47.1 Å². The second-order valence-electron chi connectivity index (χ2n) is 6.86. The Morgan fingerprint density at radius 3 is 2.75 bits per heavy atom. The number of amides is 1. The Labute approximate surface area is 141 Å². The summed E-state index contributed by atoms with van der Waals surface area (Å²) >= 11 is 0. The van der Waals surface area contributed by atoms with Crippen LogP contribution in [0.3, 0.4) is 0 Å². The fraction of sp³-hybridized carbons (Fsp3) is 0.368. The van der Waals surface area contributed by atoms with Gasteiger partial charge in [-0.1, -0.05) is 0 Å². The van der Waals surface area contributed by atoms with Gasteiger partial charge >= 0.3 is 0 Å². The Hall–Kier alpha value is -2.58. The highest BCUT2D eigenvalue weighted by Crippen LogP contribution is 2.42. The first-order valence-corrected chi connectivity index (χ1v) is 8.23. The Bertz CT molecular complexity index is 776. The molecule has 0 aliphatic carbocycles. The molecule has 3 heterocycles. The first-order valence-electron chi connectivity index (χ1n) is 8.23. The number of nitrogens with zero attached hydrogens (tertiary/aromatic N) is 3. The van der Waals surface area contributed by atoms with Crippen LogP contribution in [0.1, 0.15) is 24.2 Å². The van der Waals surface area contributed by atoms with Gasteiger partial charge in [0.2, 0.25) is 5.91 Å². The molecule has 1 spiro atoms. The van der Waals surface area contributed by atoms with Crippen LogP contribution in [0, 0.1) is 16.7 Å². The fourth-order valence-corrected chi connectivity index (χ4v) is 3.91. The van der Waals surface area contributed by atoms with E-state index >= 15 is 0 Å². The number of furan rings is 1. The van der Waals surface area contributed by atoms with E-state index in [1.165, 1.54) is 0 Å². The van der Waals surface area contributed by atoms with Crippen molar-refractivity contribution < 1.29 is 9.21 Å². The highest BCUT2D eigenvalue weighted by atomic mass is 16.3. The molecular weight excluding hydrogens is 302 g/mol. The molecule has 122 valence electrons. The molecule has 2 fully saturated rings. The second-order valence-corrected chi connectivity index (χ2v) is 6.86. The number of carbonyl (C=O) groups excluding carboxylic acids is 1. The molecule has 24 heavy (non-hydrogen) atoms. The third kappa shape index (κ3) is 2.70. The summed E-state index contributed by atoms with van der Waals surface area (Å²) in [6.45, 7) is 3.48. The van der Waals surface area contributed by atoms with Crippen molar-refractivity contribution in [3.63, 3.8) is 0 Å². The number of likely N-dealkylation sites (tertiary alicyclic amines) is 1. The molecule has 5 nitrogen and oxygen atoms in total. The van der Waals surface area contributed by atoms with Crippen LogP contribution in [0.5, 0.6) is 0 Å². The minimum atomic E-state index is 0.0393. The monoisotopic (exact) mass is 321 g/mol. The number of carbonyl (C=O) groups is 1. The lowest BCUT2D eigenvalue weighted by Gasteiger charge is -2.24. The summed E-state index contributed by atoms with van der Waals surface area (Å²) in [6, 6.07) is 13.3. The summed E-state index contributed by atoms with van der Waals surface area (Å²) in [4.78, 5) is 16.8. The minimum absolute atomic E-state index is 0.0393. The Morgan fingerprint density at radius 2 is 2.04 bits per heavy atom. The lowest BCUT2D eigenvalue weighted by Crippen LogP contribution is -2.31. The fourth-order valence-electron chi connectivity index (χ4n) is 3.91. The van der Waals surface area contributed by atoms with Crippen LogP contribution in [-0.2, 0) is 11.3 Å². The maximum Gasteiger partial charge on any atom is 0.227 e. The zero-order valence-corrected chi connectivity index (χ0v) is 13.4. The largest absolute Gasteiger partial charge is 0.468 e. The predicted octanol–water partition coefficient (Wildman–Crippen LogP) is 2.78. The topological polar surface area (TPSA) is 60.5 Å². The van der Waals surface area contributed by atoms with Gasteiger partial charge in [0.15, 0.2) is 0 Å². The van der Waals surface area contributed by atoms with Crippen LogP contribution < -0.4 is 4.90 Å². The van der Waals surface area contributed by atoms with Gasteiger partial charge in [-0.25, -0.2) is 0 Å². The number of nitriles is 1. The molecule has 2 aliphatic rings. The lowest BCUT2D eigenvalue weighted by atomic mass is 9.86. The van der Waals surface area contributed by atoms with Gasteiger partial charge in [-0.3, -0.25) is 9.69 Å². The van der Waals surface area contributed by atoms with Gasteiger partial charge in [-0.05, 0) is 49.4 Å². The van der Waals surface area contributed by atoms with E-state index < -0.39 is 0 Å². The number of benzene rings is 1. The molecule has 4 rings (SSSR count). The summed E-state index contributed by atoms with van der Waals surface area (Å²) < 4.78 is 5.43. The molecular formula is C19H19N3O2. The quantitative estimate of drug-likeness (QED) is 0.872. The van der Waals surface area contributed by atoms with Gasteiger partial charge in [0.1, 0.15) is 5.76 Å². The SMILES string of the molecule is N#Cc1ccc(N2C[C@@]3(CCN(Cc4ccco4)C3)CC2=O)cc1. The predicted molar refractivity (Wildman–Crippen MR) is 89.2 cm³/mol. The maximum absolute atomic E-state index is 12.5. The van der Waals surface area contributed by atoms with Gasteiger partial charge in [0.05, 0.1) is 24.4 Å². The smallest absolute Gasteiger partial charge is 0.227 e. The molecule has 0 saturated carbocycles. The summed E-state index contributed by atoms with van der Waals surface area (Å²) in [7, 11) is 0. The molecule has 2 aromatic rings. The maximum atomic E-state index is 12.5. The number of hydrogen-bond donors (Lipinski definition) is 0. The highest BCUT2D eigenvalue weighted by Gasteiger charge is 2.47. The van der Waals surface area contributed by atoms with Crippen LogP contribution >= 0.6 is 0 Å². The van der Waals surface area contributed by atoms with Gasteiger partial charge in [-0.2, -0.15) is 5.26 Å². The van der Waals surface area contributed by atoms with E-state index in [2.05, 4.69) is 11.0 Å². The minimum Gasteiger partial charge on any atom is -0.468 e. The van der Waals surface area contributed by atoms with Gasteiger partial charge in [-0.15, -0.1) is 0 Å². The van der Waals surface area contributed by atoms with Crippen molar-refractivity contribution in [2.75, 3.05) is 24.5 Å². The van der Waals surface area contributed by atoms with E-state index in [1.807, 2.05) is 29.2 Å². The summed E-state index contributed by atoms with van der Waals surface area (Å²) in [5.41, 5.74) is 1.54. The Kier molecular flexibility index (Phi) is 3.62. The standard InChI is InChI=1S/C19H19N3O2/c20-11-15-3-5-16(6-4-15)22-14-19(10-18(22)23)7-8-21(13-19)12-17-2-1-9-24-17/h1-6,9H,7-8,10,12-14H2/t19-/m0/s1. The average Bonchev–Trinajstić information content (AvgIpc) is 3.30. The summed E-state index contributed by atoms with van der Waals surface area (Å²) in [6.07, 6.45) is 3.33. The van der Waals surface area contributed by atoms with Gasteiger partial charge in [0, 0.05) is 30.6 Å². The molecule has 0 radical (unpaired) electrons. The van der Waals surface area contributed by atoms with E-state index in [0.717, 1.165) is 44.0 Å². The van der Waals surface area contributed by atoms with Crippen molar-refractivity contribution in [3.05, 3.63) is 54.0 Å². The number of anilines is 1. The van der Waals surface area contributed by atoms with E-state index in [0.29, 0.717) is 12.0 Å². The molecule has 5 heteroatoms. The Morgan fingerprint density at radius 1 is 1.21 bits per heavy atom. The average molecular weight is 321 g/mol. The highest BCUT2D eigenvalue weighted by molar-refractivity contribution is 5.96. The van der Waals surface area contributed by atoms with E-state index in [-0.39, 0.29) is 11.3 Å². The molecule has 1 aromatic carbocycles. The van der Waals surface area contributed by atoms with Crippen molar-refractivity contribution in [3.8, 4) is 6.07 Å². The number of rotatable bonds is 3. The first kappa shape index (κ1) is 15.0. The molecule has 0 bridgehead atoms. The zero-order chi connectivity index (χ0) is 16.6. The molecule has 1 aromatic heterocycles. The van der Waals surface area contributed by atoms with Crippen molar-refractivity contribution in [1.29, 1.82) is 5.26 Å². The lowest BCUT2D eigenvalue weighted by molar-refractivity contribution is -0.117. The van der Waals surface area contributed by atoms with Crippen molar-refractivity contribution in [2.45, 2.75) is 19.4 Å². The van der Waals surface area contributed by atoms with Gasteiger partial charge < -0.3 is 9.32 Å². The molecule has 1 amide bonds. The van der Waals surface area contributed by atoms with E-state index in [1.54, 1.807) is 18.4 Å².